The van der Waals surface area contributed by atoms with Crippen molar-refractivity contribution in [3.05, 3.63) is 29.8 Å². The highest BCUT2D eigenvalue weighted by Crippen LogP contribution is 2.39. The van der Waals surface area contributed by atoms with E-state index in [1.165, 1.54) is 24.8 Å². The van der Waals surface area contributed by atoms with Gasteiger partial charge in [0.05, 0.1) is 7.11 Å². The highest BCUT2D eigenvalue weighted by Gasteiger charge is 2.37. The Hall–Kier alpha value is -1.75. The first-order valence-electron chi connectivity index (χ1n) is 9.99. The number of likely N-dealkylation sites (tertiary alicyclic amines) is 1. The van der Waals surface area contributed by atoms with Gasteiger partial charge in [-0.25, -0.2) is 4.79 Å². The SMILES string of the molecule is COc1ccccc1C1(CNC(=O)N2CCCCCCC2)CCOCC1. The van der Waals surface area contributed by atoms with Gasteiger partial charge in [0.15, 0.2) is 0 Å². The number of hydrogen-bond donors (Lipinski definition) is 1. The van der Waals surface area contributed by atoms with Crippen molar-refractivity contribution < 1.29 is 14.3 Å². The molecule has 0 bridgehead atoms. The van der Waals surface area contributed by atoms with E-state index in [1.54, 1.807) is 7.11 Å². The van der Waals surface area contributed by atoms with Crippen LogP contribution in [0.15, 0.2) is 24.3 Å². The first-order chi connectivity index (χ1) is 12.7. The molecule has 0 saturated carbocycles. The Morgan fingerprint density at radius 3 is 2.46 bits per heavy atom. The Morgan fingerprint density at radius 2 is 1.77 bits per heavy atom. The zero-order valence-corrected chi connectivity index (χ0v) is 16.0. The first kappa shape index (κ1) is 19.0. The second-order valence-electron chi connectivity index (χ2n) is 7.51. The number of nitrogens with one attached hydrogen (secondary N) is 1. The van der Waals surface area contributed by atoms with Crippen LogP contribution in [0.5, 0.6) is 5.75 Å². The second-order valence-corrected chi connectivity index (χ2v) is 7.51. The molecule has 2 aliphatic heterocycles. The van der Waals surface area contributed by atoms with Gasteiger partial charge in [0.25, 0.3) is 0 Å². The predicted molar refractivity (Wildman–Crippen MR) is 103 cm³/mol. The zero-order valence-electron chi connectivity index (χ0n) is 16.0. The maximum Gasteiger partial charge on any atom is 0.317 e. The molecule has 0 spiro atoms. The Balaban J connectivity index is 1.71. The third-order valence-corrected chi connectivity index (χ3v) is 5.85. The van der Waals surface area contributed by atoms with Gasteiger partial charge in [-0.05, 0) is 31.7 Å². The third kappa shape index (κ3) is 4.50. The number of hydrogen-bond acceptors (Lipinski definition) is 3. The van der Waals surface area contributed by atoms with Crippen molar-refractivity contribution >= 4 is 6.03 Å². The van der Waals surface area contributed by atoms with E-state index in [-0.39, 0.29) is 11.4 Å². The highest BCUT2D eigenvalue weighted by molar-refractivity contribution is 5.74. The third-order valence-electron chi connectivity index (χ3n) is 5.85. The molecule has 2 saturated heterocycles. The summed E-state index contributed by atoms with van der Waals surface area (Å²) < 4.78 is 11.2. The average molecular weight is 360 g/mol. The van der Waals surface area contributed by atoms with Gasteiger partial charge in [0, 0.05) is 43.8 Å². The summed E-state index contributed by atoms with van der Waals surface area (Å²) in [4.78, 5) is 14.8. The van der Waals surface area contributed by atoms with E-state index in [0.717, 1.165) is 57.7 Å². The number of methoxy groups -OCH3 is 1. The van der Waals surface area contributed by atoms with Crippen LogP contribution < -0.4 is 10.1 Å². The number of carbonyl (C=O) groups excluding carboxylic acids is 1. The van der Waals surface area contributed by atoms with E-state index in [4.69, 9.17) is 9.47 Å². The number of urea groups is 1. The van der Waals surface area contributed by atoms with Crippen LogP contribution in [0.4, 0.5) is 4.79 Å². The van der Waals surface area contributed by atoms with Gasteiger partial charge in [0.1, 0.15) is 5.75 Å². The van der Waals surface area contributed by atoms with Crippen molar-refractivity contribution in [1.82, 2.24) is 10.2 Å². The molecule has 1 aromatic carbocycles. The molecule has 2 heterocycles. The van der Waals surface area contributed by atoms with Crippen LogP contribution in [0.2, 0.25) is 0 Å². The first-order valence-corrected chi connectivity index (χ1v) is 9.99. The molecule has 2 fully saturated rings. The molecule has 0 unspecified atom stereocenters. The molecule has 0 radical (unpaired) electrons. The van der Waals surface area contributed by atoms with Crippen LogP contribution >= 0.6 is 0 Å². The maximum absolute atomic E-state index is 12.8. The Morgan fingerprint density at radius 1 is 1.12 bits per heavy atom. The highest BCUT2D eigenvalue weighted by atomic mass is 16.5. The quantitative estimate of drug-likeness (QED) is 0.890. The van der Waals surface area contributed by atoms with Gasteiger partial charge in [-0.3, -0.25) is 0 Å². The lowest BCUT2D eigenvalue weighted by Gasteiger charge is -2.39. The Labute approximate surface area is 157 Å². The second kappa shape index (κ2) is 9.26. The summed E-state index contributed by atoms with van der Waals surface area (Å²) in [6.45, 7) is 3.81. The van der Waals surface area contributed by atoms with Crippen LogP contribution in [-0.4, -0.2) is 50.9 Å². The summed E-state index contributed by atoms with van der Waals surface area (Å²) in [5, 5.41) is 3.24. The molecule has 1 N–H and O–H groups in total. The summed E-state index contributed by atoms with van der Waals surface area (Å²) in [6, 6.07) is 8.26. The number of rotatable bonds is 4. The maximum atomic E-state index is 12.8. The van der Waals surface area contributed by atoms with Gasteiger partial charge in [-0.2, -0.15) is 0 Å². The molecular formula is C21H32N2O3. The molecule has 5 heteroatoms. The number of ether oxygens (including phenoxy) is 2. The minimum absolute atomic E-state index is 0.0765. The molecule has 0 aromatic heterocycles. The lowest BCUT2D eigenvalue weighted by molar-refractivity contribution is 0.0492. The molecule has 2 amide bonds. The minimum Gasteiger partial charge on any atom is -0.496 e. The fourth-order valence-electron chi connectivity index (χ4n) is 4.19. The molecule has 3 rings (SSSR count). The summed E-state index contributed by atoms with van der Waals surface area (Å²) >= 11 is 0. The van der Waals surface area contributed by atoms with E-state index in [1.807, 2.05) is 17.0 Å². The van der Waals surface area contributed by atoms with Crippen LogP contribution in [-0.2, 0) is 10.2 Å². The van der Waals surface area contributed by atoms with E-state index in [2.05, 4.69) is 17.4 Å². The van der Waals surface area contributed by atoms with Gasteiger partial charge in [-0.1, -0.05) is 37.5 Å². The fourth-order valence-corrected chi connectivity index (χ4v) is 4.19. The van der Waals surface area contributed by atoms with E-state index >= 15 is 0 Å². The minimum atomic E-state index is -0.122. The summed E-state index contributed by atoms with van der Waals surface area (Å²) in [5.41, 5.74) is 1.06. The van der Waals surface area contributed by atoms with Crippen molar-refractivity contribution in [2.45, 2.75) is 50.4 Å². The van der Waals surface area contributed by atoms with E-state index in [0.29, 0.717) is 6.54 Å². The summed E-state index contributed by atoms with van der Waals surface area (Å²) in [5.74, 6) is 0.898. The number of benzene rings is 1. The molecule has 0 aliphatic carbocycles. The fraction of sp³-hybridized carbons (Fsp3) is 0.667. The van der Waals surface area contributed by atoms with Crippen molar-refractivity contribution in [2.75, 3.05) is 40.0 Å². The topological polar surface area (TPSA) is 50.8 Å². The monoisotopic (exact) mass is 360 g/mol. The van der Waals surface area contributed by atoms with E-state index < -0.39 is 0 Å². The lowest BCUT2D eigenvalue weighted by Crippen LogP contribution is -2.49. The Bertz CT molecular complexity index is 576. The van der Waals surface area contributed by atoms with Crippen LogP contribution in [0, 0.1) is 0 Å². The standard InChI is InChI=1S/C21H32N2O3/c1-25-19-10-6-5-9-18(19)21(11-15-26-16-12-21)17-22-20(24)23-13-7-3-2-4-8-14-23/h5-6,9-10H,2-4,7-8,11-17H2,1H3,(H,22,24). The average Bonchev–Trinajstić information content (AvgIpc) is 2.66. The van der Waals surface area contributed by atoms with Crippen LogP contribution in [0.3, 0.4) is 0 Å². The molecular weight excluding hydrogens is 328 g/mol. The lowest BCUT2D eigenvalue weighted by atomic mass is 9.73. The number of carbonyl (C=O) groups is 1. The number of para-hydroxylation sites is 1. The van der Waals surface area contributed by atoms with Crippen molar-refractivity contribution in [2.24, 2.45) is 0 Å². The van der Waals surface area contributed by atoms with Crippen LogP contribution in [0.1, 0.15) is 50.5 Å². The largest absolute Gasteiger partial charge is 0.496 e. The molecule has 5 nitrogen and oxygen atoms in total. The van der Waals surface area contributed by atoms with Gasteiger partial charge < -0.3 is 19.7 Å². The zero-order chi connectivity index (χ0) is 18.2. The van der Waals surface area contributed by atoms with Gasteiger partial charge >= 0.3 is 6.03 Å². The Kier molecular flexibility index (Phi) is 6.78. The number of amides is 2. The summed E-state index contributed by atoms with van der Waals surface area (Å²) in [6.07, 6.45) is 7.77. The van der Waals surface area contributed by atoms with Gasteiger partial charge in [-0.15, -0.1) is 0 Å². The molecule has 144 valence electrons. The van der Waals surface area contributed by atoms with Crippen molar-refractivity contribution in [3.63, 3.8) is 0 Å². The smallest absolute Gasteiger partial charge is 0.317 e. The molecule has 0 atom stereocenters. The normalized spacial score (nSPS) is 20.7. The molecule has 1 aromatic rings. The van der Waals surface area contributed by atoms with Crippen LogP contribution in [0.25, 0.3) is 0 Å². The number of nitrogens with zero attached hydrogens (tertiary/aromatic N) is 1. The summed E-state index contributed by atoms with van der Waals surface area (Å²) in [7, 11) is 1.71. The predicted octanol–water partition coefficient (Wildman–Crippen LogP) is 3.72. The molecule has 26 heavy (non-hydrogen) atoms. The van der Waals surface area contributed by atoms with Crippen molar-refractivity contribution in [3.8, 4) is 5.75 Å². The van der Waals surface area contributed by atoms with E-state index in [9.17, 15) is 4.79 Å². The molecule has 2 aliphatic rings. The van der Waals surface area contributed by atoms with Crippen molar-refractivity contribution in [1.29, 1.82) is 0 Å². The van der Waals surface area contributed by atoms with Gasteiger partial charge in [0.2, 0.25) is 0 Å².